The normalized spacial score (nSPS) is 10.2. The van der Waals surface area contributed by atoms with Gasteiger partial charge in [-0.2, -0.15) is 0 Å². The number of aromatic hydroxyl groups is 1. The first-order valence-electron chi connectivity index (χ1n) is 6.10. The van der Waals surface area contributed by atoms with E-state index in [2.05, 4.69) is 5.32 Å². The number of esters is 1. The van der Waals surface area contributed by atoms with Gasteiger partial charge in [-0.05, 0) is 36.4 Å². The van der Waals surface area contributed by atoms with E-state index in [1.165, 1.54) is 13.2 Å². The minimum atomic E-state index is -0.468. The van der Waals surface area contributed by atoms with Gasteiger partial charge in [0.05, 0.1) is 18.4 Å². The number of hydrogen-bond donors (Lipinski definition) is 2. The van der Waals surface area contributed by atoms with Gasteiger partial charge in [-0.15, -0.1) is 0 Å². The lowest BCUT2D eigenvalue weighted by atomic mass is 10.1. The van der Waals surface area contributed by atoms with Gasteiger partial charge in [0.25, 0.3) is 0 Å². The van der Waals surface area contributed by atoms with Gasteiger partial charge >= 0.3 is 5.97 Å². The molecule has 0 spiro atoms. The number of carbonyl (C=O) groups excluding carboxylic acids is 1. The van der Waals surface area contributed by atoms with Crippen LogP contribution in [0.15, 0.2) is 36.4 Å². The zero-order valence-electron chi connectivity index (χ0n) is 11.2. The Balaban J connectivity index is 2.25. The summed E-state index contributed by atoms with van der Waals surface area (Å²) in [6, 6.07) is 9.56. The maximum Gasteiger partial charge on any atom is 0.339 e. The van der Waals surface area contributed by atoms with Gasteiger partial charge in [0.15, 0.2) is 0 Å². The summed E-state index contributed by atoms with van der Waals surface area (Å²) in [6.07, 6.45) is 0. The van der Waals surface area contributed by atoms with E-state index >= 15 is 0 Å². The van der Waals surface area contributed by atoms with E-state index < -0.39 is 5.97 Å². The molecule has 110 valence electrons. The number of hydrogen-bond acceptors (Lipinski definition) is 4. The molecule has 2 aromatic rings. The molecule has 21 heavy (non-hydrogen) atoms. The Morgan fingerprint density at radius 3 is 2.57 bits per heavy atom. The van der Waals surface area contributed by atoms with Gasteiger partial charge in [-0.3, -0.25) is 0 Å². The first-order chi connectivity index (χ1) is 10.0. The van der Waals surface area contributed by atoms with Crippen LogP contribution in [0.1, 0.15) is 15.9 Å². The van der Waals surface area contributed by atoms with Crippen molar-refractivity contribution in [2.24, 2.45) is 0 Å². The van der Waals surface area contributed by atoms with E-state index in [1.807, 2.05) is 0 Å². The maximum atomic E-state index is 11.7. The summed E-state index contributed by atoms with van der Waals surface area (Å²) in [5.74, 6) is -0.349. The lowest BCUT2D eigenvalue weighted by Gasteiger charge is -2.12. The number of halogens is 2. The SMILES string of the molecule is COC(=O)c1ccc(Cl)cc1NCc1cc(Cl)ccc1O. The third-order valence-corrected chi connectivity index (χ3v) is 3.37. The molecule has 6 heteroatoms. The van der Waals surface area contributed by atoms with Crippen LogP contribution in [0.25, 0.3) is 0 Å². The van der Waals surface area contributed by atoms with Crippen LogP contribution in [0.3, 0.4) is 0 Å². The maximum absolute atomic E-state index is 11.7. The van der Waals surface area contributed by atoms with Gasteiger partial charge in [0.1, 0.15) is 5.75 Å². The first-order valence-corrected chi connectivity index (χ1v) is 6.86. The van der Waals surface area contributed by atoms with Crippen LogP contribution in [0.2, 0.25) is 10.0 Å². The third-order valence-electron chi connectivity index (χ3n) is 2.90. The highest BCUT2D eigenvalue weighted by atomic mass is 35.5. The molecule has 0 aromatic heterocycles. The summed E-state index contributed by atoms with van der Waals surface area (Å²) in [4.78, 5) is 11.7. The zero-order chi connectivity index (χ0) is 15.4. The molecule has 4 nitrogen and oxygen atoms in total. The van der Waals surface area contributed by atoms with E-state index in [0.29, 0.717) is 26.9 Å². The fourth-order valence-corrected chi connectivity index (χ4v) is 2.20. The standard InChI is InChI=1S/C15H13Cl2NO3/c1-21-15(20)12-4-2-11(17)7-13(12)18-8-9-6-10(16)3-5-14(9)19/h2-7,18-19H,8H2,1H3. The smallest absolute Gasteiger partial charge is 0.339 e. The Labute approximate surface area is 132 Å². The van der Waals surface area contributed by atoms with Crippen molar-refractivity contribution in [2.45, 2.75) is 6.54 Å². The number of methoxy groups -OCH3 is 1. The number of carbonyl (C=O) groups is 1. The number of nitrogens with one attached hydrogen (secondary N) is 1. The molecule has 0 saturated heterocycles. The Morgan fingerprint density at radius 1 is 1.19 bits per heavy atom. The molecular formula is C15H13Cl2NO3. The quantitative estimate of drug-likeness (QED) is 0.831. The highest BCUT2D eigenvalue weighted by molar-refractivity contribution is 6.31. The van der Waals surface area contributed by atoms with Crippen LogP contribution in [-0.2, 0) is 11.3 Å². The minimum absolute atomic E-state index is 0.119. The van der Waals surface area contributed by atoms with Crippen molar-refractivity contribution < 1.29 is 14.6 Å². The molecule has 2 aromatic carbocycles. The highest BCUT2D eigenvalue weighted by Gasteiger charge is 2.12. The molecule has 2 N–H and O–H groups in total. The predicted octanol–water partition coefficient (Wildman–Crippen LogP) is 4.10. The van der Waals surface area contributed by atoms with Gasteiger partial charge < -0.3 is 15.2 Å². The molecule has 0 amide bonds. The second-order valence-electron chi connectivity index (χ2n) is 4.31. The van der Waals surface area contributed by atoms with Crippen molar-refractivity contribution in [3.8, 4) is 5.75 Å². The Hall–Kier alpha value is -1.91. The minimum Gasteiger partial charge on any atom is -0.508 e. The first kappa shape index (κ1) is 15.5. The lowest BCUT2D eigenvalue weighted by Crippen LogP contribution is -2.08. The summed E-state index contributed by atoms with van der Waals surface area (Å²) in [7, 11) is 1.31. The molecule has 0 aliphatic heterocycles. The van der Waals surface area contributed by atoms with Crippen LogP contribution in [0.5, 0.6) is 5.75 Å². The number of ether oxygens (including phenoxy) is 1. The summed E-state index contributed by atoms with van der Waals surface area (Å²) in [5, 5.41) is 13.8. The van der Waals surface area contributed by atoms with E-state index in [0.717, 1.165) is 0 Å². The Bertz CT molecular complexity index is 674. The summed E-state index contributed by atoms with van der Waals surface area (Å²) >= 11 is 11.8. The van der Waals surface area contributed by atoms with Crippen LogP contribution in [0, 0.1) is 0 Å². The van der Waals surface area contributed by atoms with Crippen LogP contribution in [-0.4, -0.2) is 18.2 Å². The summed E-state index contributed by atoms with van der Waals surface area (Å²) in [6.45, 7) is 0.288. The van der Waals surface area contributed by atoms with Crippen molar-refractivity contribution >= 4 is 34.9 Å². The molecule has 0 aliphatic rings. The van der Waals surface area contributed by atoms with E-state index in [9.17, 15) is 9.90 Å². The zero-order valence-corrected chi connectivity index (χ0v) is 12.7. The number of benzene rings is 2. The lowest BCUT2D eigenvalue weighted by molar-refractivity contribution is 0.0602. The van der Waals surface area contributed by atoms with Gasteiger partial charge in [0.2, 0.25) is 0 Å². The molecule has 0 saturated carbocycles. The van der Waals surface area contributed by atoms with Crippen molar-refractivity contribution in [2.75, 3.05) is 12.4 Å². The number of phenolic OH excluding ortho intramolecular Hbond substituents is 1. The highest BCUT2D eigenvalue weighted by Crippen LogP contribution is 2.25. The fourth-order valence-electron chi connectivity index (χ4n) is 1.84. The molecule has 0 radical (unpaired) electrons. The van der Waals surface area contributed by atoms with Crippen molar-refractivity contribution in [1.29, 1.82) is 0 Å². The number of rotatable bonds is 4. The molecule has 0 atom stereocenters. The van der Waals surface area contributed by atoms with Gasteiger partial charge in [0, 0.05) is 22.2 Å². The van der Waals surface area contributed by atoms with E-state index in [-0.39, 0.29) is 12.3 Å². The van der Waals surface area contributed by atoms with Crippen LogP contribution in [0.4, 0.5) is 5.69 Å². The Morgan fingerprint density at radius 2 is 1.86 bits per heavy atom. The Kier molecular flexibility index (Phi) is 4.94. The topological polar surface area (TPSA) is 58.6 Å². The average Bonchev–Trinajstić information content (AvgIpc) is 2.47. The van der Waals surface area contributed by atoms with Crippen LogP contribution < -0.4 is 5.32 Å². The van der Waals surface area contributed by atoms with Crippen molar-refractivity contribution in [3.63, 3.8) is 0 Å². The second-order valence-corrected chi connectivity index (χ2v) is 5.18. The molecule has 0 heterocycles. The van der Waals surface area contributed by atoms with Gasteiger partial charge in [-0.1, -0.05) is 23.2 Å². The molecule has 2 rings (SSSR count). The fraction of sp³-hybridized carbons (Fsp3) is 0.133. The van der Waals surface area contributed by atoms with E-state index in [4.69, 9.17) is 27.9 Å². The monoisotopic (exact) mass is 325 g/mol. The molecule has 0 bridgehead atoms. The third kappa shape index (κ3) is 3.80. The second kappa shape index (κ2) is 6.70. The predicted molar refractivity (Wildman–Crippen MR) is 83.2 cm³/mol. The number of anilines is 1. The molecule has 0 unspecified atom stereocenters. The van der Waals surface area contributed by atoms with Gasteiger partial charge in [-0.25, -0.2) is 4.79 Å². The average molecular weight is 326 g/mol. The molecule has 0 aliphatic carbocycles. The van der Waals surface area contributed by atoms with Crippen molar-refractivity contribution in [3.05, 3.63) is 57.6 Å². The molecular weight excluding hydrogens is 313 g/mol. The van der Waals surface area contributed by atoms with Crippen LogP contribution >= 0.6 is 23.2 Å². The van der Waals surface area contributed by atoms with E-state index in [1.54, 1.807) is 30.3 Å². The summed E-state index contributed by atoms with van der Waals surface area (Å²) < 4.78 is 4.72. The largest absolute Gasteiger partial charge is 0.508 e. The summed E-state index contributed by atoms with van der Waals surface area (Å²) in [5.41, 5.74) is 1.50. The number of phenols is 1. The van der Waals surface area contributed by atoms with Crippen molar-refractivity contribution in [1.82, 2.24) is 0 Å². The molecule has 0 fully saturated rings.